The van der Waals surface area contributed by atoms with Crippen LogP contribution in [0.2, 0.25) is 0 Å². The molecule has 0 unspecified atom stereocenters. The van der Waals surface area contributed by atoms with Crippen LogP contribution < -0.4 is 10.6 Å². The number of benzene rings is 1. The van der Waals surface area contributed by atoms with Crippen LogP contribution in [0, 0.1) is 0 Å². The highest BCUT2D eigenvalue weighted by molar-refractivity contribution is 7.80. The molecule has 8 heteroatoms. The van der Waals surface area contributed by atoms with Gasteiger partial charge < -0.3 is 20.4 Å². The summed E-state index contributed by atoms with van der Waals surface area (Å²) >= 11 is 5.07. The maximum Gasteiger partial charge on any atom is 0.182 e. The van der Waals surface area contributed by atoms with Gasteiger partial charge >= 0.3 is 0 Å². The fourth-order valence-electron chi connectivity index (χ4n) is 1.80. The molecule has 0 aliphatic carbocycles. The number of aromatic nitrogens is 3. The second-order valence-corrected chi connectivity index (χ2v) is 4.63. The first-order chi connectivity index (χ1) is 10.1. The Hall–Kier alpha value is -2.35. The summed E-state index contributed by atoms with van der Waals surface area (Å²) in [4.78, 5) is 0. The Bertz CT molecular complexity index is 657. The van der Waals surface area contributed by atoms with E-state index in [1.165, 1.54) is 17.9 Å². The summed E-state index contributed by atoms with van der Waals surface area (Å²) in [5.41, 5.74) is 0.674. The number of methoxy groups -OCH3 is 1. The molecule has 2 aromatic rings. The number of nitrogens with zero attached hydrogens (tertiary/aromatic N) is 3. The van der Waals surface area contributed by atoms with Gasteiger partial charge in [-0.25, -0.2) is 4.68 Å². The van der Waals surface area contributed by atoms with Crippen LogP contribution in [-0.4, -0.2) is 38.7 Å². The Labute approximate surface area is 127 Å². The third-order valence-corrected chi connectivity index (χ3v) is 3.07. The highest BCUT2D eigenvalue weighted by Crippen LogP contribution is 2.30. The van der Waals surface area contributed by atoms with E-state index in [0.29, 0.717) is 41.0 Å². The van der Waals surface area contributed by atoms with Crippen LogP contribution in [0.15, 0.2) is 18.2 Å². The number of hydrogen-bond donors (Lipinski definition) is 2. The first-order valence-electron chi connectivity index (χ1n) is 6.29. The van der Waals surface area contributed by atoms with Crippen LogP contribution >= 0.6 is 12.2 Å². The maximum atomic E-state index is 9.60. The molecule has 0 saturated heterocycles. The molecule has 0 saturated carbocycles. The number of thiocarbonyl (C=S) groups is 1. The number of phenolic OH excluding ortho intramolecular Hbond substituents is 1. The van der Waals surface area contributed by atoms with Gasteiger partial charge in [-0.2, -0.15) is 0 Å². The Kier molecular flexibility index (Phi) is 4.59. The second-order valence-electron chi connectivity index (χ2n) is 4.18. The summed E-state index contributed by atoms with van der Waals surface area (Å²) in [6.07, 6.45) is 0.307. The molecule has 112 valence electrons. The topological polar surface area (TPSA) is 95.4 Å². The molecule has 0 spiro atoms. The highest BCUT2D eigenvalue weighted by atomic mass is 32.1. The molecule has 7 nitrogen and oxygen atoms in total. The minimum Gasteiger partial charge on any atom is -0.504 e. The van der Waals surface area contributed by atoms with E-state index in [4.69, 9.17) is 27.5 Å². The lowest BCUT2D eigenvalue weighted by Crippen LogP contribution is -2.17. The summed E-state index contributed by atoms with van der Waals surface area (Å²) in [7, 11) is 1.47. The Morgan fingerprint density at radius 2 is 2.19 bits per heavy atom. The second kappa shape index (κ2) is 6.40. The third kappa shape index (κ3) is 3.22. The van der Waals surface area contributed by atoms with Gasteiger partial charge in [0.25, 0.3) is 0 Å². The van der Waals surface area contributed by atoms with Crippen LogP contribution in [-0.2, 0) is 11.2 Å². The summed E-state index contributed by atoms with van der Waals surface area (Å²) in [5.74, 6) is 7.30. The van der Waals surface area contributed by atoms with E-state index in [0.717, 1.165) is 0 Å². The Morgan fingerprint density at radius 3 is 2.86 bits per heavy atom. The molecule has 0 fully saturated rings. The fraction of sp³-hybridized carbons (Fsp3) is 0.308. The van der Waals surface area contributed by atoms with E-state index in [2.05, 4.69) is 10.2 Å². The predicted molar refractivity (Wildman–Crippen MR) is 81.8 cm³/mol. The first-order valence-corrected chi connectivity index (χ1v) is 6.70. The molecule has 1 heterocycles. The number of hydrogen-bond acceptors (Lipinski definition) is 7. The van der Waals surface area contributed by atoms with Crippen molar-refractivity contribution < 1.29 is 14.6 Å². The molecular formula is C13H16N4O3S. The summed E-state index contributed by atoms with van der Waals surface area (Å²) in [6, 6.07) is 4.82. The van der Waals surface area contributed by atoms with E-state index in [-0.39, 0.29) is 5.75 Å². The average molecular weight is 308 g/mol. The summed E-state index contributed by atoms with van der Waals surface area (Å²) in [6.45, 7) is 2.35. The molecule has 0 amide bonds. The molecular weight excluding hydrogens is 292 g/mol. The standard InChI is InChI=1S/C13H16N4O3S/c1-3-20-12(21)7-11-15-16-13(17(11)14)8-4-5-9(18)10(6-8)19-2/h4-6,18H,3,7,14H2,1-2H3. The van der Waals surface area contributed by atoms with Gasteiger partial charge in [-0.1, -0.05) is 0 Å². The summed E-state index contributed by atoms with van der Waals surface area (Å²) in [5, 5.41) is 18.1. The van der Waals surface area contributed by atoms with Gasteiger partial charge in [0, 0.05) is 5.56 Å². The van der Waals surface area contributed by atoms with Crippen molar-refractivity contribution in [3.63, 3.8) is 0 Å². The third-order valence-electron chi connectivity index (χ3n) is 2.81. The van der Waals surface area contributed by atoms with Crippen LogP contribution in [0.4, 0.5) is 0 Å². The van der Waals surface area contributed by atoms with Crippen LogP contribution in [0.3, 0.4) is 0 Å². The van der Waals surface area contributed by atoms with Crippen molar-refractivity contribution >= 4 is 17.3 Å². The van der Waals surface area contributed by atoms with E-state index in [9.17, 15) is 5.11 Å². The number of nitrogen functional groups attached to an aromatic ring is 1. The molecule has 0 radical (unpaired) electrons. The smallest absolute Gasteiger partial charge is 0.182 e. The molecule has 0 aliphatic heterocycles. The molecule has 1 aromatic heterocycles. The van der Waals surface area contributed by atoms with Crippen LogP contribution in [0.25, 0.3) is 11.4 Å². The zero-order valence-corrected chi connectivity index (χ0v) is 12.6. The zero-order chi connectivity index (χ0) is 15.4. The van der Waals surface area contributed by atoms with Gasteiger partial charge in [-0.05, 0) is 37.3 Å². The number of phenols is 1. The number of aromatic hydroxyl groups is 1. The monoisotopic (exact) mass is 308 g/mol. The van der Waals surface area contributed by atoms with Gasteiger partial charge in [0.05, 0.1) is 20.1 Å². The minimum absolute atomic E-state index is 0.0436. The maximum absolute atomic E-state index is 9.60. The van der Waals surface area contributed by atoms with Crippen molar-refractivity contribution in [2.45, 2.75) is 13.3 Å². The molecule has 0 atom stereocenters. The first kappa shape index (κ1) is 15.0. The van der Waals surface area contributed by atoms with E-state index >= 15 is 0 Å². The Balaban J connectivity index is 2.29. The van der Waals surface area contributed by atoms with Crippen molar-refractivity contribution in [1.29, 1.82) is 0 Å². The predicted octanol–water partition coefficient (Wildman–Crippen LogP) is 1.28. The van der Waals surface area contributed by atoms with Crippen molar-refractivity contribution in [3.8, 4) is 22.9 Å². The lowest BCUT2D eigenvalue weighted by atomic mass is 10.2. The minimum atomic E-state index is 0.0436. The van der Waals surface area contributed by atoms with Crippen molar-refractivity contribution in [2.24, 2.45) is 0 Å². The lowest BCUT2D eigenvalue weighted by Gasteiger charge is -2.07. The average Bonchev–Trinajstić information content (AvgIpc) is 2.81. The normalized spacial score (nSPS) is 10.4. The van der Waals surface area contributed by atoms with Crippen molar-refractivity contribution in [1.82, 2.24) is 14.9 Å². The molecule has 0 aliphatic rings. The molecule has 1 aromatic carbocycles. The molecule has 21 heavy (non-hydrogen) atoms. The van der Waals surface area contributed by atoms with Gasteiger partial charge in [-0.15, -0.1) is 10.2 Å². The fourth-order valence-corrected chi connectivity index (χ4v) is 2.05. The zero-order valence-electron chi connectivity index (χ0n) is 11.7. The number of rotatable bonds is 5. The van der Waals surface area contributed by atoms with E-state index in [1.54, 1.807) is 12.1 Å². The van der Waals surface area contributed by atoms with E-state index in [1.807, 2.05) is 6.92 Å². The lowest BCUT2D eigenvalue weighted by molar-refractivity contribution is 0.329. The van der Waals surface area contributed by atoms with Crippen LogP contribution in [0.5, 0.6) is 11.5 Å². The van der Waals surface area contributed by atoms with Gasteiger partial charge in [0.2, 0.25) is 0 Å². The largest absolute Gasteiger partial charge is 0.504 e. The highest BCUT2D eigenvalue weighted by Gasteiger charge is 2.15. The number of nitrogens with two attached hydrogens (primary N) is 1. The van der Waals surface area contributed by atoms with Crippen LogP contribution in [0.1, 0.15) is 12.7 Å². The summed E-state index contributed by atoms with van der Waals surface area (Å²) < 4.78 is 11.6. The van der Waals surface area contributed by atoms with Gasteiger partial charge in [0.15, 0.2) is 28.2 Å². The SMILES string of the molecule is CCOC(=S)Cc1nnc(-c2ccc(O)c(OC)c2)n1N. The van der Waals surface area contributed by atoms with Gasteiger partial charge in [-0.3, -0.25) is 0 Å². The van der Waals surface area contributed by atoms with Crippen molar-refractivity contribution in [2.75, 3.05) is 19.6 Å². The quantitative estimate of drug-likeness (QED) is 0.634. The molecule has 3 N–H and O–H groups in total. The van der Waals surface area contributed by atoms with Crippen molar-refractivity contribution in [3.05, 3.63) is 24.0 Å². The van der Waals surface area contributed by atoms with E-state index < -0.39 is 0 Å². The van der Waals surface area contributed by atoms with Gasteiger partial charge in [0.1, 0.15) is 0 Å². The number of ether oxygens (including phenoxy) is 2. The molecule has 0 bridgehead atoms. The Morgan fingerprint density at radius 1 is 1.43 bits per heavy atom. The molecule has 2 rings (SSSR count).